The first-order valence-corrected chi connectivity index (χ1v) is 49.9. The lowest BCUT2D eigenvalue weighted by atomic mass is 9.70. The highest BCUT2D eigenvalue weighted by Gasteiger charge is 2.52. The van der Waals surface area contributed by atoms with Crippen LogP contribution in [-0.4, -0.2) is 262 Å². The first-order chi connectivity index (χ1) is 67.8. The van der Waals surface area contributed by atoms with Gasteiger partial charge in [0.25, 0.3) is 47.4 Å². The second-order valence-electron chi connectivity index (χ2n) is 38.5. The fraction of sp³-hybridized carbons (Fsp3) is 0.453. The summed E-state index contributed by atoms with van der Waals surface area (Å²) in [4.78, 5) is 112. The van der Waals surface area contributed by atoms with E-state index in [9.17, 15) is 47.5 Å². The van der Waals surface area contributed by atoms with Gasteiger partial charge in [0.2, 0.25) is 7.37 Å². The molecule has 8 aromatic heterocycles. The molecule has 4 aliphatic carbocycles. The molecule has 5 aliphatic rings. The molecule has 5 N–H and O–H groups in total. The number of hydrogen-bond donors (Lipinski definition) is 5. The lowest BCUT2D eigenvalue weighted by molar-refractivity contribution is -0.107. The summed E-state index contributed by atoms with van der Waals surface area (Å²) in [5.41, 5.74) is -6.74. The van der Waals surface area contributed by atoms with E-state index >= 15 is 0 Å². The molecule has 759 valence electrons. The molecule has 3 radical (unpaired) electrons. The molecule has 5 fully saturated rings. The van der Waals surface area contributed by atoms with Gasteiger partial charge >= 0.3 is 19.7 Å². The minimum absolute atomic E-state index is 0.0578. The summed E-state index contributed by atoms with van der Waals surface area (Å²) >= 11 is 26.7. The van der Waals surface area contributed by atoms with E-state index in [2.05, 4.69) is 103 Å². The van der Waals surface area contributed by atoms with Gasteiger partial charge in [0.15, 0.2) is 23.3 Å². The molecular weight excluding hydrogens is 2070 g/mol. The third kappa shape index (κ3) is 30.4. The Labute approximate surface area is 873 Å². The Balaban J connectivity index is 0.000000162. The number of aromatic nitrogens is 20. The number of carbonyl (C=O) groups excluding carboxylic acids is 4. The fourth-order valence-corrected chi connectivity index (χ4v) is 16.7. The second kappa shape index (κ2) is 48.1. The molecule has 0 bridgehead atoms. The van der Waals surface area contributed by atoms with Crippen LogP contribution in [0, 0.1) is 27.2 Å². The predicted molar refractivity (Wildman–Crippen MR) is 548 cm³/mol. The third-order valence-corrected chi connectivity index (χ3v) is 27.4. The molecule has 1 saturated heterocycles. The Bertz CT molecular complexity index is 6280. The second-order valence-corrected chi connectivity index (χ2v) is 42.6. The monoisotopic (exact) mass is 2180 g/mol. The van der Waals surface area contributed by atoms with Crippen molar-refractivity contribution in [1.82, 2.24) is 119 Å². The Morgan fingerprint density at radius 2 is 0.743 bits per heavy atom. The summed E-state index contributed by atoms with van der Waals surface area (Å²) in [5, 5.41) is 65.0. The number of rotatable bonds is 31. The van der Waals surface area contributed by atoms with Crippen molar-refractivity contribution in [1.29, 1.82) is 0 Å². The molecule has 4 atom stereocenters. The minimum atomic E-state index is -4.49. The topological polar surface area (TPSA) is 436 Å². The first-order valence-electron chi connectivity index (χ1n) is 46.5. The summed E-state index contributed by atoms with van der Waals surface area (Å²) in [6.07, 6.45) is 27.2. The highest BCUT2D eigenvalue weighted by atomic mass is 127. The molecule has 12 aromatic rings. The maximum absolute atomic E-state index is 14.0. The van der Waals surface area contributed by atoms with Gasteiger partial charge in [0.05, 0.1) is 65.5 Å². The molecule has 36 nitrogen and oxygen atoms in total. The number of amides is 4. The number of aliphatic hydroxyl groups is 3. The highest BCUT2D eigenvalue weighted by Crippen LogP contribution is 2.43. The van der Waals surface area contributed by atoms with Crippen LogP contribution in [0.25, 0.3) is 23.8 Å². The van der Waals surface area contributed by atoms with Crippen LogP contribution in [0.3, 0.4) is 0 Å². The van der Waals surface area contributed by atoms with Crippen molar-refractivity contribution in [3.63, 3.8) is 0 Å². The number of hydrogen-bond acceptors (Lipinski definition) is 29. The van der Waals surface area contributed by atoms with Gasteiger partial charge in [-0.05, 0) is 328 Å². The standard InChI is InChI=1S/C25H30BClN6O3.C20H18ClF3N6OS.C19H20BClN6O3.C19H18ClIN6O.C6H13B2O2.C6H14O2/c1-16(21-30-15-31-33(21)23-28-9-6-10-29-23)32(14-17-7-8-17)22(34)18-11-19(13-20(27)12-18)26-35-24(2,3)25(4,5)36-26;1-12(17-27-11-28-30(17)19-25-5-2-6-26-19)29(10-13-3-4-13)18(31)14-7-15(21)9-16(8-14)32-20(22,23)24;1-12(17-24-11-25-27(17)19-22-5-2-6-23-19)26(10-13-3-4-13)18(28)14-7-15(20(29)30)9-16(21)8-14;1-12(17-24-11-25-27(17)19-22-5-2-6-23-19)26(10-13-3-4-13)18(28)14-7-15(20)9-16(21)8-14;1-5(2,9)6(3,4)10-8-7;1-5(2,7)6(3,4)8/h6,9-13,15-17H,7-8,14H2,1-5H3;2,5-9,11-13H,3-4,10H2,1H3;2,5-9,11-13,29-30H,3-4,10H2,1H3;2,5-9,11-13H,3-4,10H2,1H3;9H,1-4H3;7-8H,1-4H3. The van der Waals surface area contributed by atoms with Crippen molar-refractivity contribution in [2.45, 2.75) is 230 Å². The Kier molecular flexibility index (Phi) is 37.5. The van der Waals surface area contributed by atoms with E-state index < -0.39 is 71.3 Å². The summed E-state index contributed by atoms with van der Waals surface area (Å²) < 4.78 is 63.0. The van der Waals surface area contributed by atoms with Gasteiger partial charge in [-0.2, -0.15) is 52.3 Å². The SMILES string of the molecule is CC(C)(O)C(C)(C)O.CC(c1ncnn1-c1ncccn1)N(CC1CC1)C(=O)c1cc(Cl)cc(B(O)O)c1.CC(c1ncnn1-c1ncccn1)N(CC1CC1)C(=O)c1cc(Cl)cc(B2OC(C)(C)C(C)(C)O2)c1.CC(c1ncnn1-c1ncccn1)N(CC1CC1)C(=O)c1cc(Cl)cc(I)c1.CC(c1ncnn1-c1ncccn1)N(CC1CC1)C(=O)c1cc(Cl)cc(SC(F)(F)F)c1.[B][B]OC(C)(C)C(C)(C)O. The van der Waals surface area contributed by atoms with Crippen molar-refractivity contribution in [3.8, 4) is 23.8 Å². The highest BCUT2D eigenvalue weighted by molar-refractivity contribution is 14.1. The van der Waals surface area contributed by atoms with Crippen LogP contribution in [0.4, 0.5) is 13.2 Å². The van der Waals surface area contributed by atoms with Crippen molar-refractivity contribution in [3.05, 3.63) is 241 Å². The number of halogens is 8. The van der Waals surface area contributed by atoms with E-state index in [-0.39, 0.29) is 73.1 Å². The lowest BCUT2D eigenvalue weighted by Crippen LogP contribution is -2.48. The third-order valence-electron chi connectivity index (χ3n) is 25.2. The molecule has 4 unspecified atom stereocenters. The van der Waals surface area contributed by atoms with Crippen LogP contribution in [0.15, 0.2) is 177 Å². The zero-order valence-corrected chi connectivity index (χ0v) is 88.3. The number of benzene rings is 4. The zero-order chi connectivity index (χ0) is 105. The Morgan fingerprint density at radius 3 is 1.01 bits per heavy atom. The molecule has 4 saturated carbocycles. The average Bonchev–Trinajstić information content (AvgIpc) is 1.62. The van der Waals surface area contributed by atoms with Crippen LogP contribution in [-0.2, 0) is 14.0 Å². The van der Waals surface area contributed by atoms with Crippen molar-refractivity contribution >= 4 is 145 Å². The molecule has 9 heterocycles. The van der Waals surface area contributed by atoms with Gasteiger partial charge in [-0.15, -0.1) is 0 Å². The minimum Gasteiger partial charge on any atom is -0.445 e. The predicted octanol–water partition coefficient (Wildman–Crippen LogP) is 14.3. The van der Waals surface area contributed by atoms with E-state index in [1.807, 2.05) is 76.5 Å². The quantitative estimate of drug-likeness (QED) is 0.0153. The van der Waals surface area contributed by atoms with Crippen molar-refractivity contribution in [2.24, 2.45) is 23.7 Å². The lowest BCUT2D eigenvalue weighted by Gasteiger charge is -2.37. The number of nitrogens with zero attached hydrogens (tertiary/aromatic N) is 24. The van der Waals surface area contributed by atoms with Gasteiger partial charge in [-0.1, -0.05) is 46.4 Å². The van der Waals surface area contributed by atoms with E-state index in [1.54, 1.807) is 174 Å². The smallest absolute Gasteiger partial charge is 0.445 e. The zero-order valence-electron chi connectivity index (χ0n) is 82.3. The molecule has 4 amide bonds. The molecule has 144 heavy (non-hydrogen) atoms. The number of carbonyl (C=O) groups is 4. The molecule has 1 aliphatic heterocycles. The van der Waals surface area contributed by atoms with Crippen LogP contribution in [0.5, 0.6) is 0 Å². The van der Waals surface area contributed by atoms with Gasteiger partial charge in [-0.3, -0.25) is 19.2 Å². The first kappa shape index (κ1) is 112. The van der Waals surface area contributed by atoms with Gasteiger partial charge in [-0.25, -0.2) is 59.8 Å². The van der Waals surface area contributed by atoms with Crippen LogP contribution < -0.4 is 10.9 Å². The van der Waals surface area contributed by atoms with Crippen LogP contribution in [0.1, 0.15) is 251 Å². The summed E-state index contributed by atoms with van der Waals surface area (Å²) in [7, 11) is 3.81. The summed E-state index contributed by atoms with van der Waals surface area (Å²) in [6.45, 7) is 31.0. The Hall–Kier alpha value is -10.4. The molecule has 4 aromatic carbocycles. The van der Waals surface area contributed by atoms with Crippen LogP contribution >= 0.6 is 80.8 Å². The largest absolute Gasteiger partial charge is 0.494 e. The molecular formula is C95H113B4Cl4F3IN24O12S. The number of thioether (sulfide) groups is 1. The van der Waals surface area contributed by atoms with Gasteiger partial charge in [0.1, 0.15) is 25.3 Å². The van der Waals surface area contributed by atoms with E-state index in [0.29, 0.717) is 124 Å². The average molecular weight is 2180 g/mol. The maximum atomic E-state index is 14.0. The molecule has 0 spiro atoms. The van der Waals surface area contributed by atoms with Gasteiger partial charge in [0, 0.05) is 127 Å². The Morgan fingerprint density at radius 1 is 0.458 bits per heavy atom. The van der Waals surface area contributed by atoms with E-state index in [0.717, 1.165) is 62.3 Å². The summed E-state index contributed by atoms with van der Waals surface area (Å²) in [5.74, 6) is 4.49. The fourth-order valence-electron chi connectivity index (χ4n) is 14.2. The van der Waals surface area contributed by atoms with Crippen LogP contribution in [0.2, 0.25) is 20.1 Å². The molecule has 17 rings (SSSR count). The van der Waals surface area contributed by atoms with E-state index in [4.69, 9.17) is 78.3 Å². The summed E-state index contributed by atoms with van der Waals surface area (Å²) in [6, 6.07) is 24.1. The van der Waals surface area contributed by atoms with Gasteiger partial charge < -0.3 is 58.9 Å². The maximum Gasteiger partial charge on any atom is 0.494 e. The number of alkyl halides is 3. The normalized spacial score (nSPS) is 15.7. The van der Waals surface area contributed by atoms with Crippen molar-refractivity contribution < 1.29 is 71.7 Å². The van der Waals surface area contributed by atoms with Crippen molar-refractivity contribution in [2.75, 3.05) is 26.2 Å². The molecule has 49 heteroatoms. The van der Waals surface area contributed by atoms with E-state index in [1.165, 1.54) is 71.1 Å².